The summed E-state index contributed by atoms with van der Waals surface area (Å²) in [6, 6.07) is 0.372. The molecule has 1 heterocycles. The van der Waals surface area contributed by atoms with E-state index < -0.39 is 0 Å². The molecule has 0 bridgehead atoms. The van der Waals surface area contributed by atoms with Crippen molar-refractivity contribution in [2.75, 3.05) is 20.3 Å². The monoisotopic (exact) mass is 185 g/mol. The van der Waals surface area contributed by atoms with E-state index >= 15 is 0 Å². The molecule has 2 unspecified atom stereocenters. The Hall–Kier alpha value is -0.570. The quantitative estimate of drug-likeness (QED) is 0.648. The highest BCUT2D eigenvalue weighted by molar-refractivity contribution is 5.77. The summed E-state index contributed by atoms with van der Waals surface area (Å²) in [7, 11) is 1.57. The lowest BCUT2D eigenvalue weighted by molar-refractivity contribution is -0.139. The fourth-order valence-electron chi connectivity index (χ4n) is 1.89. The summed E-state index contributed by atoms with van der Waals surface area (Å²) in [6.45, 7) is 5.44. The van der Waals surface area contributed by atoms with Gasteiger partial charge in [0.05, 0.1) is 0 Å². The van der Waals surface area contributed by atoms with Crippen LogP contribution >= 0.6 is 0 Å². The number of likely N-dealkylation sites (tertiary alicyclic amines) is 1. The van der Waals surface area contributed by atoms with Gasteiger partial charge in [-0.1, -0.05) is 6.92 Å². The van der Waals surface area contributed by atoms with Gasteiger partial charge in [-0.25, -0.2) is 0 Å². The zero-order chi connectivity index (χ0) is 9.84. The van der Waals surface area contributed by atoms with Gasteiger partial charge in [0, 0.05) is 19.7 Å². The molecule has 0 spiro atoms. The second-order valence-corrected chi connectivity index (χ2v) is 3.88. The molecule has 1 aliphatic heterocycles. The molecule has 1 amide bonds. The van der Waals surface area contributed by atoms with Crippen molar-refractivity contribution in [2.45, 2.75) is 32.7 Å². The number of nitrogens with zero attached hydrogens (tertiary/aromatic N) is 1. The maximum Gasteiger partial charge on any atom is 0.248 e. The van der Waals surface area contributed by atoms with Gasteiger partial charge >= 0.3 is 0 Å². The molecule has 1 saturated heterocycles. The van der Waals surface area contributed by atoms with Gasteiger partial charge in [-0.3, -0.25) is 4.79 Å². The van der Waals surface area contributed by atoms with Crippen LogP contribution in [0.25, 0.3) is 0 Å². The molecule has 0 aromatic heterocycles. The Morgan fingerprint density at radius 2 is 2.23 bits per heavy atom. The Bertz CT molecular complexity index is 182. The van der Waals surface area contributed by atoms with Gasteiger partial charge in [-0.2, -0.15) is 0 Å². The maximum absolute atomic E-state index is 11.6. The molecule has 3 nitrogen and oxygen atoms in total. The van der Waals surface area contributed by atoms with Crippen LogP contribution in [-0.2, 0) is 9.53 Å². The topological polar surface area (TPSA) is 29.5 Å². The van der Waals surface area contributed by atoms with Crippen molar-refractivity contribution in [1.29, 1.82) is 0 Å². The maximum atomic E-state index is 11.6. The second-order valence-electron chi connectivity index (χ2n) is 3.88. The Labute approximate surface area is 80.1 Å². The fourth-order valence-corrected chi connectivity index (χ4v) is 1.89. The number of carbonyl (C=O) groups is 1. The molecule has 0 N–H and O–H groups in total. The van der Waals surface area contributed by atoms with Crippen LogP contribution in [0.3, 0.4) is 0 Å². The summed E-state index contributed by atoms with van der Waals surface area (Å²) >= 11 is 0. The third-order valence-electron chi connectivity index (χ3n) is 2.96. The van der Waals surface area contributed by atoms with Gasteiger partial charge in [0.25, 0.3) is 0 Å². The first-order valence-electron chi connectivity index (χ1n) is 4.95. The van der Waals surface area contributed by atoms with Crippen molar-refractivity contribution in [3.8, 4) is 0 Å². The summed E-state index contributed by atoms with van der Waals surface area (Å²) in [5.74, 6) is 0.746. The average molecular weight is 185 g/mol. The third-order valence-corrected chi connectivity index (χ3v) is 2.96. The van der Waals surface area contributed by atoms with Crippen LogP contribution in [0.1, 0.15) is 26.7 Å². The molecular formula is C10H19NO2. The van der Waals surface area contributed by atoms with Crippen LogP contribution in [0.15, 0.2) is 0 Å². The van der Waals surface area contributed by atoms with E-state index in [0.29, 0.717) is 12.0 Å². The molecular weight excluding hydrogens is 166 g/mol. The number of ether oxygens (including phenoxy) is 1. The number of hydrogen-bond acceptors (Lipinski definition) is 2. The number of rotatable bonds is 2. The van der Waals surface area contributed by atoms with Gasteiger partial charge in [0.15, 0.2) is 0 Å². The Morgan fingerprint density at radius 3 is 2.85 bits per heavy atom. The van der Waals surface area contributed by atoms with Crippen LogP contribution < -0.4 is 0 Å². The van der Waals surface area contributed by atoms with Crippen LogP contribution in [0.4, 0.5) is 0 Å². The van der Waals surface area contributed by atoms with E-state index in [2.05, 4.69) is 13.8 Å². The first-order chi connectivity index (χ1) is 6.16. The standard InChI is InChI=1S/C10H19NO2/c1-8-5-4-6-11(9(8)2)10(12)7-13-3/h8-9H,4-7H2,1-3H3. The predicted molar refractivity (Wildman–Crippen MR) is 51.4 cm³/mol. The lowest BCUT2D eigenvalue weighted by Gasteiger charge is -2.37. The highest BCUT2D eigenvalue weighted by Crippen LogP contribution is 2.22. The van der Waals surface area contributed by atoms with Crippen molar-refractivity contribution >= 4 is 5.91 Å². The number of methoxy groups -OCH3 is 1. The molecule has 1 aliphatic rings. The zero-order valence-electron chi connectivity index (χ0n) is 8.75. The van der Waals surface area contributed by atoms with E-state index in [-0.39, 0.29) is 12.5 Å². The molecule has 1 fully saturated rings. The van der Waals surface area contributed by atoms with Crippen LogP contribution in [-0.4, -0.2) is 37.1 Å². The summed E-state index contributed by atoms with van der Waals surface area (Å²) in [5, 5.41) is 0. The molecule has 0 radical (unpaired) electrons. The Kier molecular flexibility index (Phi) is 3.72. The first kappa shape index (κ1) is 10.5. The summed E-state index contributed by atoms with van der Waals surface area (Å²) in [6.07, 6.45) is 2.36. The number of carbonyl (C=O) groups excluding carboxylic acids is 1. The lowest BCUT2D eigenvalue weighted by atomic mass is 9.92. The number of hydrogen-bond donors (Lipinski definition) is 0. The lowest BCUT2D eigenvalue weighted by Crippen LogP contribution is -2.47. The zero-order valence-corrected chi connectivity index (χ0v) is 8.75. The van der Waals surface area contributed by atoms with Gasteiger partial charge in [-0.15, -0.1) is 0 Å². The van der Waals surface area contributed by atoms with E-state index in [9.17, 15) is 4.79 Å². The summed E-state index contributed by atoms with van der Waals surface area (Å²) < 4.78 is 4.85. The SMILES string of the molecule is COCC(=O)N1CCCC(C)C1C. The van der Waals surface area contributed by atoms with E-state index in [4.69, 9.17) is 4.74 Å². The fraction of sp³-hybridized carbons (Fsp3) is 0.900. The van der Waals surface area contributed by atoms with Gasteiger partial charge in [0.1, 0.15) is 6.61 Å². The number of amides is 1. The van der Waals surface area contributed by atoms with Crippen molar-refractivity contribution in [3.05, 3.63) is 0 Å². The molecule has 1 rings (SSSR count). The highest BCUT2D eigenvalue weighted by atomic mass is 16.5. The summed E-state index contributed by atoms with van der Waals surface area (Å²) in [4.78, 5) is 13.5. The Morgan fingerprint density at radius 1 is 1.54 bits per heavy atom. The van der Waals surface area contributed by atoms with Crippen molar-refractivity contribution in [1.82, 2.24) is 4.90 Å². The van der Waals surface area contributed by atoms with Crippen molar-refractivity contribution in [2.24, 2.45) is 5.92 Å². The summed E-state index contributed by atoms with van der Waals surface area (Å²) in [5.41, 5.74) is 0. The Balaban J connectivity index is 2.52. The van der Waals surface area contributed by atoms with Crippen LogP contribution in [0.2, 0.25) is 0 Å². The minimum atomic E-state index is 0.126. The van der Waals surface area contributed by atoms with Crippen LogP contribution in [0, 0.1) is 5.92 Å². The molecule has 0 saturated carbocycles. The van der Waals surface area contributed by atoms with Crippen molar-refractivity contribution < 1.29 is 9.53 Å². The minimum Gasteiger partial charge on any atom is -0.375 e. The van der Waals surface area contributed by atoms with E-state index in [0.717, 1.165) is 13.0 Å². The van der Waals surface area contributed by atoms with Crippen LogP contribution in [0.5, 0.6) is 0 Å². The van der Waals surface area contributed by atoms with E-state index in [1.807, 2.05) is 4.90 Å². The van der Waals surface area contributed by atoms with Crippen molar-refractivity contribution in [3.63, 3.8) is 0 Å². The molecule has 0 aromatic rings. The normalized spacial score (nSPS) is 29.0. The molecule has 0 aromatic carbocycles. The highest BCUT2D eigenvalue weighted by Gasteiger charge is 2.27. The van der Waals surface area contributed by atoms with Gasteiger partial charge in [-0.05, 0) is 25.7 Å². The average Bonchev–Trinajstić information content (AvgIpc) is 2.10. The third kappa shape index (κ3) is 2.44. The molecule has 0 aliphatic carbocycles. The second kappa shape index (κ2) is 4.61. The first-order valence-corrected chi connectivity index (χ1v) is 4.95. The van der Waals surface area contributed by atoms with E-state index in [1.165, 1.54) is 6.42 Å². The molecule has 13 heavy (non-hydrogen) atoms. The molecule has 76 valence electrons. The molecule has 3 heteroatoms. The largest absolute Gasteiger partial charge is 0.375 e. The number of piperidine rings is 1. The minimum absolute atomic E-state index is 0.126. The van der Waals surface area contributed by atoms with Gasteiger partial charge < -0.3 is 9.64 Å². The molecule has 2 atom stereocenters. The predicted octanol–water partition coefficient (Wildman–Crippen LogP) is 1.28. The van der Waals surface area contributed by atoms with Gasteiger partial charge in [0.2, 0.25) is 5.91 Å². The van der Waals surface area contributed by atoms with E-state index in [1.54, 1.807) is 7.11 Å². The smallest absolute Gasteiger partial charge is 0.248 e.